The Labute approximate surface area is 155 Å². The summed E-state index contributed by atoms with van der Waals surface area (Å²) in [5.41, 5.74) is 0.0979. The highest BCUT2D eigenvalue weighted by Crippen LogP contribution is 2.27. The van der Waals surface area contributed by atoms with Crippen molar-refractivity contribution >= 4 is 23.5 Å². The van der Waals surface area contributed by atoms with E-state index in [0.717, 1.165) is 0 Å². The van der Waals surface area contributed by atoms with Crippen molar-refractivity contribution in [3.05, 3.63) is 35.7 Å². The molecule has 4 amide bonds. The lowest BCUT2D eigenvalue weighted by atomic mass is 9.87. The molecule has 0 saturated carbocycles. The predicted octanol–water partition coefficient (Wildman–Crippen LogP) is 0.947. The lowest BCUT2D eigenvalue weighted by molar-refractivity contribution is -0.120. The maximum atomic E-state index is 12.9. The van der Waals surface area contributed by atoms with Crippen molar-refractivity contribution in [3.63, 3.8) is 0 Å². The minimum absolute atomic E-state index is 0.00103. The Morgan fingerprint density at radius 3 is 2.74 bits per heavy atom. The highest BCUT2D eigenvalue weighted by Gasteiger charge is 2.36. The molecule has 1 aromatic heterocycles. The number of benzene rings is 1. The molecule has 2 heterocycles. The predicted molar refractivity (Wildman–Crippen MR) is 95.8 cm³/mol. The van der Waals surface area contributed by atoms with E-state index in [-0.39, 0.29) is 30.7 Å². The van der Waals surface area contributed by atoms with Crippen LogP contribution in [0.3, 0.4) is 0 Å². The summed E-state index contributed by atoms with van der Waals surface area (Å²) in [4.78, 5) is 37.6. The van der Waals surface area contributed by atoms with Crippen LogP contribution in [0.25, 0.3) is 0 Å². The van der Waals surface area contributed by atoms with Crippen LogP contribution in [0, 0.1) is 5.92 Å². The number of amides is 4. The molecule has 1 aromatic carbocycles. The molecular formula is C17H21N7O3. The first-order valence-electron chi connectivity index (χ1n) is 8.59. The summed E-state index contributed by atoms with van der Waals surface area (Å²) in [6.07, 6.45) is 0.214. The summed E-state index contributed by atoms with van der Waals surface area (Å²) < 4.78 is 0. The summed E-state index contributed by atoms with van der Waals surface area (Å²) in [6, 6.07) is 6.18. The van der Waals surface area contributed by atoms with E-state index in [4.69, 9.17) is 0 Å². The Morgan fingerprint density at radius 2 is 2.11 bits per heavy atom. The summed E-state index contributed by atoms with van der Waals surface area (Å²) in [5, 5.41) is 19.2. The highest BCUT2D eigenvalue weighted by molar-refractivity contribution is 6.06. The molecule has 0 bridgehead atoms. The third-order valence-corrected chi connectivity index (χ3v) is 4.81. The number of carbonyl (C=O) groups excluding carboxylic acids is 3. The molecule has 1 saturated heterocycles. The average Bonchev–Trinajstić information content (AvgIpc) is 3.17. The average molecular weight is 371 g/mol. The van der Waals surface area contributed by atoms with Crippen molar-refractivity contribution in [2.45, 2.75) is 32.7 Å². The van der Waals surface area contributed by atoms with Gasteiger partial charge in [0.05, 0.1) is 0 Å². The van der Waals surface area contributed by atoms with E-state index in [1.54, 1.807) is 24.3 Å². The van der Waals surface area contributed by atoms with Crippen LogP contribution in [-0.2, 0) is 10.3 Å². The number of H-pyrrole nitrogens is 1. The van der Waals surface area contributed by atoms with E-state index < -0.39 is 11.6 Å². The van der Waals surface area contributed by atoms with Gasteiger partial charge >= 0.3 is 6.03 Å². The summed E-state index contributed by atoms with van der Waals surface area (Å²) in [7, 11) is 0. The molecule has 1 aliphatic rings. The molecule has 27 heavy (non-hydrogen) atoms. The number of nitrogens with zero attached hydrogens (tertiary/aromatic N) is 4. The number of hydrogen-bond donors (Lipinski definition) is 3. The van der Waals surface area contributed by atoms with Crippen LogP contribution < -0.4 is 15.5 Å². The third kappa shape index (κ3) is 3.64. The van der Waals surface area contributed by atoms with E-state index in [9.17, 15) is 14.4 Å². The first-order valence-corrected chi connectivity index (χ1v) is 8.59. The number of anilines is 1. The van der Waals surface area contributed by atoms with Gasteiger partial charge < -0.3 is 5.32 Å². The smallest absolute Gasteiger partial charge is 0.328 e. The van der Waals surface area contributed by atoms with Crippen LogP contribution in [-0.4, -0.2) is 45.0 Å². The van der Waals surface area contributed by atoms with Gasteiger partial charge in [-0.05, 0) is 31.0 Å². The maximum absolute atomic E-state index is 12.9. The quantitative estimate of drug-likeness (QED) is 0.716. The molecule has 142 valence electrons. The van der Waals surface area contributed by atoms with Gasteiger partial charge in [-0.2, -0.15) is 5.21 Å². The minimum atomic E-state index is -0.824. The fraction of sp³-hybridized carbons (Fsp3) is 0.412. The summed E-state index contributed by atoms with van der Waals surface area (Å²) in [6.45, 7) is 5.99. The topological polar surface area (TPSA) is 133 Å². The van der Waals surface area contributed by atoms with Gasteiger partial charge in [0.2, 0.25) is 5.91 Å². The Kier molecular flexibility index (Phi) is 4.89. The zero-order valence-corrected chi connectivity index (χ0v) is 15.3. The molecule has 10 heteroatoms. The largest absolute Gasteiger partial charge is 0.339 e. The number of hydrogen-bond acceptors (Lipinski definition) is 6. The molecule has 1 atom stereocenters. The molecule has 0 spiro atoms. The number of aromatic nitrogens is 4. The number of rotatable bonds is 5. The minimum Gasteiger partial charge on any atom is -0.339 e. The first kappa shape index (κ1) is 18.5. The van der Waals surface area contributed by atoms with E-state index in [2.05, 4.69) is 31.3 Å². The number of carbonyl (C=O) groups is 3. The van der Waals surface area contributed by atoms with Crippen molar-refractivity contribution in [2.75, 3.05) is 11.4 Å². The van der Waals surface area contributed by atoms with E-state index in [1.807, 2.05) is 20.8 Å². The normalized spacial score (nSPS) is 16.8. The van der Waals surface area contributed by atoms with Crippen molar-refractivity contribution in [3.8, 4) is 0 Å². The van der Waals surface area contributed by atoms with Crippen molar-refractivity contribution < 1.29 is 14.4 Å². The molecule has 0 radical (unpaired) electrons. The molecule has 1 unspecified atom stereocenters. The summed E-state index contributed by atoms with van der Waals surface area (Å²) in [5.74, 6) is -0.249. The molecular weight excluding hydrogens is 350 g/mol. The first-order chi connectivity index (χ1) is 12.8. The van der Waals surface area contributed by atoms with E-state index in [0.29, 0.717) is 17.1 Å². The van der Waals surface area contributed by atoms with Crippen LogP contribution in [0.5, 0.6) is 0 Å². The standard InChI is InChI=1S/C17H21N7O3/c1-10(2)17(3,15-20-22-23-21-15)19-14(26)11-5-4-6-12(9-11)24-8-7-13(25)18-16(24)27/h4-6,9-10H,7-8H2,1-3H3,(H,19,26)(H,18,25,27)(H,20,21,22,23). The van der Waals surface area contributed by atoms with Gasteiger partial charge in [0.15, 0.2) is 5.82 Å². The van der Waals surface area contributed by atoms with Crippen molar-refractivity contribution in [1.82, 2.24) is 31.3 Å². The maximum Gasteiger partial charge on any atom is 0.328 e. The molecule has 3 N–H and O–H groups in total. The van der Waals surface area contributed by atoms with Gasteiger partial charge in [0.1, 0.15) is 5.54 Å². The second-order valence-corrected chi connectivity index (χ2v) is 6.85. The Balaban J connectivity index is 1.83. The molecule has 0 aliphatic carbocycles. The van der Waals surface area contributed by atoms with E-state index >= 15 is 0 Å². The highest BCUT2D eigenvalue weighted by atomic mass is 16.2. The SMILES string of the molecule is CC(C)C(C)(NC(=O)c1cccc(N2CCC(=O)NC2=O)c1)c1nn[nH]n1. The Morgan fingerprint density at radius 1 is 1.33 bits per heavy atom. The second-order valence-electron chi connectivity index (χ2n) is 6.85. The van der Waals surface area contributed by atoms with Crippen LogP contribution in [0.15, 0.2) is 24.3 Å². The van der Waals surface area contributed by atoms with Gasteiger partial charge in [-0.1, -0.05) is 25.1 Å². The van der Waals surface area contributed by atoms with Crippen LogP contribution in [0.1, 0.15) is 43.4 Å². The number of aromatic amines is 1. The van der Waals surface area contributed by atoms with Crippen molar-refractivity contribution in [2.24, 2.45) is 5.92 Å². The van der Waals surface area contributed by atoms with Gasteiger partial charge in [-0.3, -0.25) is 19.8 Å². The van der Waals surface area contributed by atoms with Crippen LogP contribution in [0.2, 0.25) is 0 Å². The lowest BCUT2D eigenvalue weighted by Gasteiger charge is -2.32. The zero-order valence-electron chi connectivity index (χ0n) is 15.3. The fourth-order valence-corrected chi connectivity index (χ4v) is 2.77. The molecule has 10 nitrogen and oxygen atoms in total. The zero-order chi connectivity index (χ0) is 19.6. The molecule has 1 aliphatic heterocycles. The number of urea groups is 1. The molecule has 3 rings (SSSR count). The Bertz CT molecular complexity index is 865. The number of tetrazole rings is 1. The third-order valence-electron chi connectivity index (χ3n) is 4.81. The van der Waals surface area contributed by atoms with E-state index in [1.165, 1.54) is 4.90 Å². The second kappa shape index (κ2) is 7.14. The Hall–Kier alpha value is -3.30. The number of nitrogens with one attached hydrogen (secondary N) is 3. The van der Waals surface area contributed by atoms with Gasteiger partial charge in [-0.15, -0.1) is 10.2 Å². The van der Waals surface area contributed by atoms with Gasteiger partial charge in [-0.25, -0.2) is 4.79 Å². The summed E-state index contributed by atoms with van der Waals surface area (Å²) >= 11 is 0. The fourth-order valence-electron chi connectivity index (χ4n) is 2.77. The van der Waals surface area contributed by atoms with Gasteiger partial charge in [0.25, 0.3) is 5.91 Å². The monoisotopic (exact) mass is 371 g/mol. The molecule has 2 aromatic rings. The van der Waals surface area contributed by atoms with Gasteiger partial charge in [0, 0.05) is 24.2 Å². The van der Waals surface area contributed by atoms with Crippen LogP contribution in [0.4, 0.5) is 10.5 Å². The number of imide groups is 1. The molecule has 1 fully saturated rings. The van der Waals surface area contributed by atoms with Crippen LogP contribution >= 0.6 is 0 Å². The van der Waals surface area contributed by atoms with Crippen molar-refractivity contribution in [1.29, 1.82) is 0 Å². The lowest BCUT2D eigenvalue weighted by Crippen LogP contribution is -2.50.